The van der Waals surface area contributed by atoms with Crippen LogP contribution in [-0.4, -0.2) is 22.6 Å². The summed E-state index contributed by atoms with van der Waals surface area (Å²) in [6.45, 7) is 24.5. The smallest absolute Gasteiger partial charge is 0.128 e. The molecule has 0 saturated carbocycles. The summed E-state index contributed by atoms with van der Waals surface area (Å²) in [6.07, 6.45) is 1.89. The SMILES string of the molecule is CC(C)c1cc(C(C)(C)C)cc(C(C)C)c1-n1c(-c2[c-]cc3oc4c(ccc5c6ccccc6ccc54)c3c2)nc2ccccc21.[2H]C([2H])([2H])c1c[c-]c(-c2cc(C([2H])(C)C)c([Si](C)(C)C)cn2)cc1.[Ir]. The van der Waals surface area contributed by atoms with E-state index in [1.807, 2.05) is 32.2 Å². The zero-order valence-electron chi connectivity index (χ0n) is 44.9. The van der Waals surface area contributed by atoms with Gasteiger partial charge in [-0.25, -0.2) is 0 Å². The second-order valence-corrected chi connectivity index (χ2v) is 25.8. The molecular formula is C61H63IrN3OSi-2. The molecule has 3 aromatic heterocycles. The Hall–Kier alpha value is -5.65. The van der Waals surface area contributed by atoms with E-state index < -0.39 is 20.8 Å². The van der Waals surface area contributed by atoms with Crippen molar-refractivity contribution < 1.29 is 30.0 Å². The maximum absolute atomic E-state index is 8.48. The fourth-order valence-corrected chi connectivity index (χ4v) is 10.9. The largest absolute Gasteiger partial charge is 0.500 e. The van der Waals surface area contributed by atoms with E-state index in [9.17, 15) is 0 Å². The van der Waals surface area contributed by atoms with E-state index >= 15 is 0 Å². The molecule has 0 amide bonds. The maximum atomic E-state index is 8.48. The second-order valence-electron chi connectivity index (χ2n) is 20.7. The van der Waals surface area contributed by atoms with Crippen molar-refractivity contribution in [2.75, 3.05) is 0 Å². The fourth-order valence-electron chi connectivity index (χ4n) is 9.28. The van der Waals surface area contributed by atoms with Crippen LogP contribution in [0.25, 0.3) is 82.8 Å². The van der Waals surface area contributed by atoms with Gasteiger partial charge in [-0.1, -0.05) is 179 Å². The third kappa shape index (κ3) is 9.09. The van der Waals surface area contributed by atoms with Crippen LogP contribution >= 0.6 is 0 Å². The average molecular weight is 1080 g/mol. The Morgan fingerprint density at radius 1 is 0.687 bits per heavy atom. The Kier molecular flexibility index (Phi) is 11.8. The van der Waals surface area contributed by atoms with Crippen LogP contribution in [0.2, 0.25) is 19.6 Å². The van der Waals surface area contributed by atoms with Crippen LogP contribution in [0.1, 0.15) is 113 Å². The first-order valence-electron chi connectivity index (χ1n) is 25.3. The molecule has 4 nitrogen and oxygen atoms in total. The predicted molar refractivity (Wildman–Crippen MR) is 285 cm³/mol. The fraction of sp³-hybridized carbons (Fsp3) is 0.279. The molecule has 7 aromatic carbocycles. The first-order chi connectivity index (χ1) is 32.9. The standard InChI is InChI=1S/C43H39N2O.C18H24NSi.Ir/c1-25(2)34-23-29(43(5,6)7)24-35(26(3)4)40(34)45-38-15-11-10-14-37(38)44-42(45)28-17-21-39-36(22-28)33-20-19-31-30-13-9-8-12-27(30)16-18-32(31)41(33)46-39;1-13(2)16-11-17(15-9-7-14(3)8-10-15)19-12-18(16)20(4,5)6;/h8-16,18-26H,1-7H3;7-9,11-13H,1-6H3;/q2*-1;/i;3D3,13D;. The van der Waals surface area contributed by atoms with Crippen LogP contribution in [0.4, 0.5) is 0 Å². The van der Waals surface area contributed by atoms with Crippen LogP contribution in [0.15, 0.2) is 132 Å². The van der Waals surface area contributed by atoms with Gasteiger partial charge in [-0.05, 0) is 79.0 Å². The van der Waals surface area contributed by atoms with Gasteiger partial charge in [0.15, 0.2) is 0 Å². The molecule has 0 spiro atoms. The van der Waals surface area contributed by atoms with Crippen molar-refractivity contribution >= 4 is 67.8 Å². The number of hydrogen-bond donors (Lipinski definition) is 0. The summed E-state index contributed by atoms with van der Waals surface area (Å²) in [6, 6.07) is 48.3. The minimum absolute atomic E-state index is 0. The van der Waals surface area contributed by atoms with Crippen molar-refractivity contribution in [2.45, 2.75) is 112 Å². The summed E-state index contributed by atoms with van der Waals surface area (Å²) < 4.78 is 39.8. The van der Waals surface area contributed by atoms with Crippen molar-refractivity contribution in [3.05, 3.63) is 167 Å². The molecule has 0 atom stereocenters. The third-order valence-electron chi connectivity index (χ3n) is 12.9. The Balaban J connectivity index is 0.000000230. The Morgan fingerprint density at radius 3 is 2.00 bits per heavy atom. The third-order valence-corrected chi connectivity index (χ3v) is 14.9. The topological polar surface area (TPSA) is 43.9 Å². The van der Waals surface area contributed by atoms with Crippen LogP contribution < -0.4 is 5.19 Å². The predicted octanol–water partition coefficient (Wildman–Crippen LogP) is 16.8. The van der Waals surface area contributed by atoms with E-state index in [2.05, 4.69) is 181 Å². The molecule has 0 unspecified atom stereocenters. The van der Waals surface area contributed by atoms with Crippen molar-refractivity contribution in [1.29, 1.82) is 0 Å². The molecular weight excluding hydrogens is 1010 g/mol. The Labute approximate surface area is 417 Å². The van der Waals surface area contributed by atoms with Crippen molar-refractivity contribution in [1.82, 2.24) is 14.5 Å². The van der Waals surface area contributed by atoms with E-state index in [4.69, 9.17) is 14.9 Å². The second kappa shape index (κ2) is 18.4. The van der Waals surface area contributed by atoms with Gasteiger partial charge < -0.3 is 14.0 Å². The van der Waals surface area contributed by atoms with Crippen LogP contribution in [-0.2, 0) is 25.5 Å². The zero-order chi connectivity index (χ0) is 50.2. The molecule has 0 aliphatic rings. The number of imidazole rings is 1. The Bertz CT molecular complexity index is 3580. The first kappa shape index (κ1) is 42.7. The zero-order valence-corrected chi connectivity index (χ0v) is 44.3. The number of hydrogen-bond acceptors (Lipinski definition) is 3. The van der Waals surface area contributed by atoms with Gasteiger partial charge in [0.05, 0.1) is 30.5 Å². The molecule has 10 rings (SSSR count). The minimum Gasteiger partial charge on any atom is -0.500 e. The minimum atomic E-state index is -2.13. The van der Waals surface area contributed by atoms with Crippen LogP contribution in [0, 0.1) is 19.0 Å². The number of aromatic nitrogens is 3. The summed E-state index contributed by atoms with van der Waals surface area (Å²) in [5.74, 6) is 0.845. The van der Waals surface area contributed by atoms with Gasteiger partial charge in [0.1, 0.15) is 5.58 Å². The molecule has 6 heteroatoms. The van der Waals surface area contributed by atoms with Gasteiger partial charge in [-0.2, -0.15) is 0 Å². The van der Waals surface area contributed by atoms with Crippen molar-refractivity contribution in [2.24, 2.45) is 0 Å². The van der Waals surface area contributed by atoms with E-state index in [-0.39, 0.29) is 31.1 Å². The molecule has 0 bridgehead atoms. The summed E-state index contributed by atoms with van der Waals surface area (Å²) in [5.41, 5.74) is 12.9. The quantitative estimate of drug-likeness (QED) is 0.0907. The molecule has 0 aliphatic heterocycles. The molecule has 0 N–H and O–H groups in total. The number of benzene rings is 7. The summed E-state index contributed by atoms with van der Waals surface area (Å²) in [7, 11) is -1.61. The average Bonchev–Trinajstić information content (AvgIpc) is 3.88. The normalized spacial score (nSPS) is 13.5. The van der Waals surface area contributed by atoms with Crippen molar-refractivity contribution in [3.8, 4) is 28.3 Å². The monoisotopic (exact) mass is 1080 g/mol. The van der Waals surface area contributed by atoms with E-state index in [0.29, 0.717) is 11.8 Å². The van der Waals surface area contributed by atoms with Gasteiger partial charge in [0, 0.05) is 48.2 Å². The van der Waals surface area contributed by atoms with Gasteiger partial charge in [0.25, 0.3) is 0 Å². The summed E-state index contributed by atoms with van der Waals surface area (Å²) in [5, 5.41) is 8.18. The summed E-state index contributed by atoms with van der Waals surface area (Å²) >= 11 is 0. The van der Waals surface area contributed by atoms with Crippen molar-refractivity contribution in [3.63, 3.8) is 0 Å². The molecule has 0 fully saturated rings. The molecule has 10 aromatic rings. The van der Waals surface area contributed by atoms with E-state index in [0.717, 1.165) is 66.6 Å². The van der Waals surface area contributed by atoms with Gasteiger partial charge in [-0.15, -0.1) is 59.2 Å². The molecule has 343 valence electrons. The number of pyridine rings is 1. The van der Waals surface area contributed by atoms with Gasteiger partial charge in [0.2, 0.25) is 0 Å². The van der Waals surface area contributed by atoms with Crippen LogP contribution in [0.5, 0.6) is 0 Å². The molecule has 3 heterocycles. The molecule has 0 aliphatic carbocycles. The van der Waals surface area contributed by atoms with E-state index in [1.165, 1.54) is 49.8 Å². The number of fused-ring (bicyclic) bond motifs is 8. The number of aryl methyl sites for hydroxylation is 1. The number of rotatable bonds is 7. The van der Waals surface area contributed by atoms with Gasteiger partial charge >= 0.3 is 0 Å². The number of furan rings is 1. The van der Waals surface area contributed by atoms with E-state index in [1.54, 1.807) is 12.1 Å². The van der Waals surface area contributed by atoms with Crippen LogP contribution in [0.3, 0.4) is 0 Å². The first-order valence-corrected chi connectivity index (χ1v) is 26.8. The number of nitrogens with zero attached hydrogens (tertiary/aromatic N) is 3. The molecule has 1 radical (unpaired) electrons. The Morgan fingerprint density at radius 2 is 1.34 bits per heavy atom. The van der Waals surface area contributed by atoms with Gasteiger partial charge in [-0.3, -0.25) is 4.98 Å². The maximum Gasteiger partial charge on any atom is 0.128 e. The summed E-state index contributed by atoms with van der Waals surface area (Å²) in [4.78, 5) is 9.85. The molecule has 67 heavy (non-hydrogen) atoms. The molecule has 0 saturated heterocycles. The number of para-hydroxylation sites is 2.